The van der Waals surface area contributed by atoms with E-state index in [1.807, 2.05) is 5.48 Å². The average Bonchev–Trinajstić information content (AvgIpc) is 2.47. The zero-order valence-electron chi connectivity index (χ0n) is 10.2. The third-order valence-electron chi connectivity index (χ3n) is 2.44. The summed E-state index contributed by atoms with van der Waals surface area (Å²) >= 11 is 0. The smallest absolute Gasteiger partial charge is 0.160 e. The number of halogens is 1. The van der Waals surface area contributed by atoms with Crippen molar-refractivity contribution in [2.45, 2.75) is 0 Å². The minimum Gasteiger partial charge on any atom is -0.497 e. The summed E-state index contributed by atoms with van der Waals surface area (Å²) in [6.07, 6.45) is 3.10. The molecule has 0 saturated carbocycles. The Morgan fingerprint density at radius 1 is 1.32 bits per heavy atom. The summed E-state index contributed by atoms with van der Waals surface area (Å²) < 4.78 is 18.8. The normalized spacial score (nSPS) is 11.2. The Labute approximate surface area is 109 Å². The molecule has 0 unspecified atom stereocenters. The Balaban J connectivity index is 2.45. The van der Waals surface area contributed by atoms with Crippen LogP contribution in [0.25, 0.3) is 0 Å². The second-order valence-electron chi connectivity index (χ2n) is 3.62. The van der Waals surface area contributed by atoms with Crippen LogP contribution >= 0.6 is 0 Å². The highest BCUT2D eigenvalue weighted by Crippen LogP contribution is 2.18. The Morgan fingerprint density at radius 2 is 2.05 bits per heavy atom. The topological polar surface area (TPSA) is 66.7 Å². The van der Waals surface area contributed by atoms with E-state index in [0.717, 1.165) is 0 Å². The Kier molecular flexibility index (Phi) is 4.04. The van der Waals surface area contributed by atoms with Crippen LogP contribution in [0.2, 0.25) is 0 Å². The van der Waals surface area contributed by atoms with Crippen LogP contribution in [0, 0.1) is 5.82 Å². The van der Waals surface area contributed by atoms with E-state index in [-0.39, 0.29) is 11.4 Å². The van der Waals surface area contributed by atoms with Crippen molar-refractivity contribution in [3.05, 3.63) is 54.1 Å². The highest BCUT2D eigenvalue weighted by molar-refractivity contribution is 6.00. The quantitative estimate of drug-likeness (QED) is 0.505. The van der Waals surface area contributed by atoms with Crippen molar-refractivity contribution in [3.63, 3.8) is 0 Å². The van der Waals surface area contributed by atoms with E-state index >= 15 is 0 Å². The zero-order valence-corrected chi connectivity index (χ0v) is 10.2. The second-order valence-corrected chi connectivity index (χ2v) is 3.62. The second kappa shape index (κ2) is 5.92. The van der Waals surface area contributed by atoms with Gasteiger partial charge in [-0.15, -0.1) is 0 Å². The molecule has 5 nitrogen and oxygen atoms in total. The molecule has 1 heterocycles. The SMILES string of the molecule is COc1ccc(F)c(C(=Nc2ccncc2)NO)c1. The molecule has 0 atom stereocenters. The number of methoxy groups -OCH3 is 1. The van der Waals surface area contributed by atoms with Gasteiger partial charge in [0.05, 0.1) is 18.4 Å². The Bertz CT molecular complexity index is 588. The monoisotopic (exact) mass is 261 g/mol. The summed E-state index contributed by atoms with van der Waals surface area (Å²) in [7, 11) is 1.48. The number of aromatic nitrogens is 1. The standard InChI is InChI=1S/C13H12FN3O2/c1-19-10-2-3-12(14)11(8-10)13(17-18)16-9-4-6-15-7-5-9/h2-8,18H,1H3,(H,15,16,17). The molecule has 2 aromatic rings. The predicted octanol–water partition coefficient (Wildman–Crippen LogP) is 2.29. The lowest BCUT2D eigenvalue weighted by molar-refractivity contribution is 0.234. The van der Waals surface area contributed by atoms with Gasteiger partial charge >= 0.3 is 0 Å². The van der Waals surface area contributed by atoms with Gasteiger partial charge in [-0.2, -0.15) is 0 Å². The van der Waals surface area contributed by atoms with Crippen molar-refractivity contribution in [2.24, 2.45) is 4.99 Å². The summed E-state index contributed by atoms with van der Waals surface area (Å²) in [6.45, 7) is 0. The molecule has 0 amide bonds. The van der Waals surface area contributed by atoms with Gasteiger partial charge in [0.2, 0.25) is 0 Å². The number of benzene rings is 1. The number of rotatable bonds is 3. The number of hydrogen-bond acceptors (Lipinski definition) is 4. The molecule has 0 saturated heterocycles. The van der Waals surface area contributed by atoms with Crippen LogP contribution in [0.4, 0.5) is 10.1 Å². The van der Waals surface area contributed by atoms with Crippen LogP contribution in [-0.2, 0) is 0 Å². The van der Waals surface area contributed by atoms with E-state index in [0.29, 0.717) is 11.4 Å². The third-order valence-corrected chi connectivity index (χ3v) is 2.44. The lowest BCUT2D eigenvalue weighted by atomic mass is 10.2. The van der Waals surface area contributed by atoms with Crippen LogP contribution in [0.1, 0.15) is 5.56 Å². The molecular weight excluding hydrogens is 249 g/mol. The molecular formula is C13H12FN3O2. The molecule has 0 radical (unpaired) electrons. The zero-order chi connectivity index (χ0) is 13.7. The van der Waals surface area contributed by atoms with Crippen molar-refractivity contribution >= 4 is 11.5 Å². The van der Waals surface area contributed by atoms with Gasteiger partial charge in [0.25, 0.3) is 0 Å². The van der Waals surface area contributed by atoms with Crippen molar-refractivity contribution < 1.29 is 14.3 Å². The van der Waals surface area contributed by atoms with E-state index in [1.54, 1.807) is 24.5 Å². The fourth-order valence-electron chi connectivity index (χ4n) is 1.51. The molecule has 0 aliphatic rings. The fourth-order valence-corrected chi connectivity index (χ4v) is 1.51. The Hall–Kier alpha value is -2.47. The summed E-state index contributed by atoms with van der Waals surface area (Å²) in [5, 5.41) is 9.12. The van der Waals surface area contributed by atoms with E-state index < -0.39 is 5.82 Å². The van der Waals surface area contributed by atoms with E-state index in [4.69, 9.17) is 9.94 Å². The molecule has 1 aromatic heterocycles. The molecule has 0 spiro atoms. The van der Waals surface area contributed by atoms with Gasteiger partial charge in [-0.25, -0.2) is 9.38 Å². The van der Waals surface area contributed by atoms with Crippen molar-refractivity contribution in [1.29, 1.82) is 0 Å². The first-order valence-electron chi connectivity index (χ1n) is 5.47. The minimum atomic E-state index is -0.518. The molecule has 1 aromatic carbocycles. The van der Waals surface area contributed by atoms with Crippen LogP contribution < -0.4 is 10.2 Å². The van der Waals surface area contributed by atoms with E-state index in [1.165, 1.54) is 25.3 Å². The maximum absolute atomic E-state index is 13.7. The molecule has 2 N–H and O–H groups in total. The van der Waals surface area contributed by atoms with Crippen LogP contribution in [0.5, 0.6) is 5.75 Å². The van der Waals surface area contributed by atoms with Crippen molar-refractivity contribution in [3.8, 4) is 5.75 Å². The summed E-state index contributed by atoms with van der Waals surface area (Å²) in [4.78, 5) is 7.95. The first-order valence-corrected chi connectivity index (χ1v) is 5.47. The third kappa shape index (κ3) is 3.05. The lowest BCUT2D eigenvalue weighted by Gasteiger charge is -2.08. The van der Waals surface area contributed by atoms with Gasteiger partial charge < -0.3 is 4.74 Å². The van der Waals surface area contributed by atoms with Gasteiger partial charge in [0.1, 0.15) is 11.6 Å². The predicted molar refractivity (Wildman–Crippen MR) is 68.3 cm³/mol. The molecule has 0 aliphatic heterocycles. The molecule has 6 heteroatoms. The molecule has 0 aliphatic carbocycles. The van der Waals surface area contributed by atoms with Crippen LogP contribution in [-0.4, -0.2) is 23.1 Å². The van der Waals surface area contributed by atoms with Gasteiger partial charge in [-0.05, 0) is 30.3 Å². The molecule has 0 fully saturated rings. The molecule has 98 valence electrons. The first-order chi connectivity index (χ1) is 9.24. The fraction of sp³-hybridized carbons (Fsp3) is 0.0769. The van der Waals surface area contributed by atoms with Crippen molar-refractivity contribution in [1.82, 2.24) is 10.5 Å². The number of aliphatic imine (C=N–C) groups is 1. The van der Waals surface area contributed by atoms with Crippen LogP contribution in [0.15, 0.2) is 47.7 Å². The number of ether oxygens (including phenoxy) is 1. The van der Waals surface area contributed by atoms with Crippen molar-refractivity contribution in [2.75, 3.05) is 7.11 Å². The number of hydrogen-bond donors (Lipinski definition) is 2. The average molecular weight is 261 g/mol. The van der Waals surface area contributed by atoms with Gasteiger partial charge in [-0.1, -0.05) is 0 Å². The molecule has 0 bridgehead atoms. The van der Waals surface area contributed by atoms with Gasteiger partial charge in [-0.3, -0.25) is 15.7 Å². The van der Waals surface area contributed by atoms with Gasteiger partial charge in [0.15, 0.2) is 5.84 Å². The Morgan fingerprint density at radius 3 is 2.68 bits per heavy atom. The summed E-state index contributed by atoms with van der Waals surface area (Å²) in [5.74, 6) is -0.0631. The largest absolute Gasteiger partial charge is 0.497 e. The minimum absolute atomic E-state index is 0.0115. The highest BCUT2D eigenvalue weighted by atomic mass is 19.1. The van der Waals surface area contributed by atoms with Gasteiger partial charge in [0, 0.05) is 12.4 Å². The number of nitrogens with zero attached hydrogens (tertiary/aromatic N) is 2. The summed E-state index contributed by atoms with van der Waals surface area (Å²) in [5.41, 5.74) is 2.54. The molecule has 19 heavy (non-hydrogen) atoms. The number of pyridine rings is 1. The number of nitrogens with one attached hydrogen (secondary N) is 1. The highest BCUT2D eigenvalue weighted by Gasteiger charge is 2.10. The van der Waals surface area contributed by atoms with E-state index in [9.17, 15) is 4.39 Å². The maximum Gasteiger partial charge on any atom is 0.160 e. The number of hydroxylamine groups is 1. The maximum atomic E-state index is 13.7. The first kappa shape index (κ1) is 13.0. The number of amidine groups is 1. The van der Waals surface area contributed by atoms with Crippen LogP contribution in [0.3, 0.4) is 0 Å². The molecule has 2 rings (SSSR count). The van der Waals surface area contributed by atoms with E-state index in [2.05, 4.69) is 9.98 Å². The summed E-state index contributed by atoms with van der Waals surface area (Å²) in [6, 6.07) is 7.44. The lowest BCUT2D eigenvalue weighted by Crippen LogP contribution is -2.21.